The van der Waals surface area contributed by atoms with E-state index in [1.54, 1.807) is 0 Å². The Morgan fingerprint density at radius 2 is 2.23 bits per heavy atom. The average Bonchev–Trinajstić information content (AvgIpc) is 2.88. The number of nitrogens with zero attached hydrogens (tertiary/aromatic N) is 1. The molecule has 1 aliphatic rings. The fourth-order valence-electron chi connectivity index (χ4n) is 1.12. The molecule has 1 saturated carbocycles. The van der Waals surface area contributed by atoms with Crippen molar-refractivity contribution in [2.75, 3.05) is 0 Å². The van der Waals surface area contributed by atoms with Crippen LogP contribution in [0.25, 0.3) is 0 Å². The van der Waals surface area contributed by atoms with E-state index in [2.05, 4.69) is 4.99 Å². The van der Waals surface area contributed by atoms with Crippen LogP contribution in [-0.2, 0) is 0 Å². The highest BCUT2D eigenvalue weighted by molar-refractivity contribution is 6.31. The fraction of sp³-hybridized carbons (Fsp3) is 0.300. The average molecular weight is 195 g/mol. The van der Waals surface area contributed by atoms with Crippen LogP contribution in [0.2, 0.25) is 5.02 Å². The lowest BCUT2D eigenvalue weighted by atomic mass is 10.2. The van der Waals surface area contributed by atoms with E-state index in [0.717, 1.165) is 5.56 Å². The Morgan fingerprint density at radius 3 is 2.85 bits per heavy atom. The van der Waals surface area contributed by atoms with Gasteiger partial charge >= 0.3 is 0 Å². The van der Waals surface area contributed by atoms with Crippen LogP contribution in [0, 0.1) is 0 Å². The minimum Gasteiger partial charge on any atom is -0.383 e. The molecule has 13 heavy (non-hydrogen) atoms. The molecule has 0 bridgehead atoms. The van der Waals surface area contributed by atoms with E-state index in [0.29, 0.717) is 16.9 Å². The second-order valence-electron chi connectivity index (χ2n) is 3.26. The first kappa shape index (κ1) is 8.57. The molecule has 0 aliphatic heterocycles. The number of nitrogens with two attached hydrogens (primary N) is 1. The van der Waals surface area contributed by atoms with Crippen LogP contribution in [0.15, 0.2) is 29.3 Å². The summed E-state index contributed by atoms with van der Waals surface area (Å²) in [5.41, 5.74) is 6.71. The first-order chi connectivity index (χ1) is 6.25. The van der Waals surface area contributed by atoms with Gasteiger partial charge in [-0.15, -0.1) is 0 Å². The molecule has 0 heterocycles. The second-order valence-corrected chi connectivity index (χ2v) is 3.69. The Kier molecular flexibility index (Phi) is 2.23. The minimum atomic E-state index is 0.457. The maximum absolute atomic E-state index is 5.83. The van der Waals surface area contributed by atoms with Crippen molar-refractivity contribution in [1.29, 1.82) is 0 Å². The summed E-state index contributed by atoms with van der Waals surface area (Å²) in [6.07, 6.45) is 2.34. The number of amidine groups is 1. The number of aliphatic imine (C=N–C) groups is 1. The zero-order valence-corrected chi connectivity index (χ0v) is 7.96. The van der Waals surface area contributed by atoms with E-state index in [1.165, 1.54) is 12.8 Å². The van der Waals surface area contributed by atoms with Crippen LogP contribution < -0.4 is 5.73 Å². The summed E-state index contributed by atoms with van der Waals surface area (Å²) in [7, 11) is 0. The lowest BCUT2D eigenvalue weighted by molar-refractivity contribution is 1.06. The molecule has 0 atom stereocenters. The Labute approximate surface area is 82.4 Å². The first-order valence-electron chi connectivity index (χ1n) is 4.35. The molecule has 1 fully saturated rings. The molecule has 1 aromatic rings. The maximum Gasteiger partial charge on any atom is 0.125 e. The summed E-state index contributed by atoms with van der Waals surface area (Å²) in [5.74, 6) is 0.602. The number of rotatable bonds is 2. The van der Waals surface area contributed by atoms with Gasteiger partial charge in [0.15, 0.2) is 0 Å². The largest absolute Gasteiger partial charge is 0.383 e. The Hall–Kier alpha value is -1.02. The van der Waals surface area contributed by atoms with Gasteiger partial charge in [-0.1, -0.05) is 23.7 Å². The second kappa shape index (κ2) is 3.38. The van der Waals surface area contributed by atoms with Crippen molar-refractivity contribution in [3.8, 4) is 0 Å². The smallest absolute Gasteiger partial charge is 0.125 e. The summed E-state index contributed by atoms with van der Waals surface area (Å²) in [4.78, 5) is 4.34. The molecule has 0 radical (unpaired) electrons. The monoisotopic (exact) mass is 194 g/mol. The Bertz CT molecular complexity index is 343. The van der Waals surface area contributed by atoms with Gasteiger partial charge in [0.25, 0.3) is 0 Å². The number of benzene rings is 1. The summed E-state index contributed by atoms with van der Waals surface area (Å²) in [6.45, 7) is 0. The van der Waals surface area contributed by atoms with Crippen LogP contribution in [0.5, 0.6) is 0 Å². The predicted octanol–water partition coefficient (Wildman–Crippen LogP) is 2.21. The highest BCUT2D eigenvalue weighted by Crippen LogP contribution is 2.24. The van der Waals surface area contributed by atoms with Gasteiger partial charge in [-0.2, -0.15) is 0 Å². The van der Waals surface area contributed by atoms with Gasteiger partial charge in [0.1, 0.15) is 5.84 Å². The molecule has 0 aromatic heterocycles. The zero-order valence-electron chi connectivity index (χ0n) is 7.20. The third kappa shape index (κ3) is 2.22. The minimum absolute atomic E-state index is 0.457. The molecule has 0 saturated heterocycles. The van der Waals surface area contributed by atoms with Gasteiger partial charge < -0.3 is 5.73 Å². The molecule has 0 unspecified atom stereocenters. The highest BCUT2D eigenvalue weighted by Gasteiger charge is 2.20. The lowest BCUT2D eigenvalue weighted by Gasteiger charge is -2.00. The molecule has 0 spiro atoms. The van der Waals surface area contributed by atoms with E-state index < -0.39 is 0 Å². The molecule has 3 heteroatoms. The molecule has 2 N–H and O–H groups in total. The van der Waals surface area contributed by atoms with Crippen LogP contribution in [0.4, 0.5) is 0 Å². The molecule has 1 aromatic carbocycles. The molecular formula is C10H11ClN2. The summed E-state index contributed by atoms with van der Waals surface area (Å²) in [5, 5.41) is 0.700. The van der Waals surface area contributed by atoms with Crippen LogP contribution in [0.1, 0.15) is 18.4 Å². The molecule has 68 valence electrons. The quantitative estimate of drug-likeness (QED) is 0.569. The van der Waals surface area contributed by atoms with Crippen LogP contribution in [0.3, 0.4) is 0 Å². The van der Waals surface area contributed by atoms with Gasteiger partial charge in [0.2, 0.25) is 0 Å². The summed E-state index contributed by atoms with van der Waals surface area (Å²) >= 11 is 5.83. The van der Waals surface area contributed by atoms with E-state index in [-0.39, 0.29) is 0 Å². The van der Waals surface area contributed by atoms with Crippen molar-refractivity contribution in [1.82, 2.24) is 0 Å². The number of hydrogen-bond acceptors (Lipinski definition) is 1. The molecule has 0 amide bonds. The van der Waals surface area contributed by atoms with Crippen molar-refractivity contribution in [2.24, 2.45) is 10.7 Å². The Balaban J connectivity index is 2.23. The van der Waals surface area contributed by atoms with Crippen molar-refractivity contribution in [3.63, 3.8) is 0 Å². The third-order valence-electron chi connectivity index (χ3n) is 1.99. The van der Waals surface area contributed by atoms with Crippen molar-refractivity contribution in [3.05, 3.63) is 34.9 Å². The van der Waals surface area contributed by atoms with Gasteiger partial charge in [0.05, 0.1) is 6.04 Å². The predicted molar refractivity (Wildman–Crippen MR) is 55.2 cm³/mol. The van der Waals surface area contributed by atoms with Crippen LogP contribution in [-0.4, -0.2) is 11.9 Å². The number of hydrogen-bond donors (Lipinski definition) is 1. The van der Waals surface area contributed by atoms with E-state index in [9.17, 15) is 0 Å². The number of halogens is 1. The topological polar surface area (TPSA) is 38.4 Å². The van der Waals surface area contributed by atoms with Gasteiger partial charge in [0, 0.05) is 10.6 Å². The van der Waals surface area contributed by atoms with Gasteiger partial charge in [-0.3, -0.25) is 4.99 Å². The summed E-state index contributed by atoms with van der Waals surface area (Å²) in [6, 6.07) is 7.93. The molecule has 2 nitrogen and oxygen atoms in total. The van der Waals surface area contributed by atoms with Crippen molar-refractivity contribution >= 4 is 17.4 Å². The Morgan fingerprint density at radius 1 is 1.46 bits per heavy atom. The molecule has 1 aliphatic carbocycles. The SMILES string of the molecule is NC(=NC1CC1)c1cccc(Cl)c1. The van der Waals surface area contributed by atoms with E-state index >= 15 is 0 Å². The normalized spacial score (nSPS) is 17.5. The third-order valence-corrected chi connectivity index (χ3v) is 2.22. The van der Waals surface area contributed by atoms with Crippen LogP contribution >= 0.6 is 11.6 Å². The lowest BCUT2D eigenvalue weighted by Crippen LogP contribution is -2.13. The van der Waals surface area contributed by atoms with E-state index in [4.69, 9.17) is 17.3 Å². The van der Waals surface area contributed by atoms with Crippen molar-refractivity contribution < 1.29 is 0 Å². The van der Waals surface area contributed by atoms with E-state index in [1.807, 2.05) is 24.3 Å². The zero-order chi connectivity index (χ0) is 9.26. The molecule has 2 rings (SSSR count). The van der Waals surface area contributed by atoms with Gasteiger partial charge in [-0.05, 0) is 25.0 Å². The summed E-state index contributed by atoms with van der Waals surface area (Å²) < 4.78 is 0. The molecular weight excluding hydrogens is 184 g/mol. The van der Waals surface area contributed by atoms with Crippen molar-refractivity contribution in [2.45, 2.75) is 18.9 Å². The standard InChI is InChI=1S/C10H11ClN2/c11-8-3-1-2-7(6-8)10(12)13-9-4-5-9/h1-3,6,9H,4-5H2,(H2,12,13). The first-order valence-corrected chi connectivity index (χ1v) is 4.73. The fourth-order valence-corrected chi connectivity index (χ4v) is 1.31. The highest BCUT2D eigenvalue weighted by atomic mass is 35.5. The van der Waals surface area contributed by atoms with Gasteiger partial charge in [-0.25, -0.2) is 0 Å². The maximum atomic E-state index is 5.83.